The van der Waals surface area contributed by atoms with Gasteiger partial charge in [0.2, 0.25) is 6.10 Å². The summed E-state index contributed by atoms with van der Waals surface area (Å²) >= 11 is 5.60. The molecule has 1 aliphatic rings. The van der Waals surface area contributed by atoms with Crippen LogP contribution in [0.5, 0.6) is 11.5 Å². The molecule has 0 bridgehead atoms. The fraction of sp³-hybridized carbons (Fsp3) is 0.273. The quantitative estimate of drug-likeness (QED) is 0.768. The number of alkyl halides is 1. The van der Waals surface area contributed by atoms with Gasteiger partial charge in [0.1, 0.15) is 6.61 Å². The molecule has 0 saturated heterocycles. The van der Waals surface area contributed by atoms with E-state index < -0.39 is 0 Å². The number of hydrogen-bond acceptors (Lipinski definition) is 5. The smallest absolute Gasteiger partial charge is 0.271 e. The lowest BCUT2D eigenvalue weighted by Gasteiger charge is -2.23. The van der Waals surface area contributed by atoms with Crippen LogP contribution in [0, 0.1) is 0 Å². The summed E-state index contributed by atoms with van der Waals surface area (Å²) in [6.45, 7) is 0.348. The van der Waals surface area contributed by atoms with Gasteiger partial charge in [0.15, 0.2) is 17.3 Å². The summed E-state index contributed by atoms with van der Waals surface area (Å²) < 4.78 is 16.3. The molecular formula is C11H9ClN2O3. The summed E-state index contributed by atoms with van der Waals surface area (Å²) in [5.74, 6) is 2.45. The van der Waals surface area contributed by atoms with E-state index in [0.29, 0.717) is 24.1 Å². The van der Waals surface area contributed by atoms with Gasteiger partial charge >= 0.3 is 0 Å². The van der Waals surface area contributed by atoms with Crippen LogP contribution >= 0.6 is 11.6 Å². The molecule has 0 unspecified atom stereocenters. The third-order valence-corrected chi connectivity index (χ3v) is 2.63. The molecule has 6 heteroatoms. The first kappa shape index (κ1) is 10.4. The lowest BCUT2D eigenvalue weighted by molar-refractivity contribution is 0.0665. The van der Waals surface area contributed by atoms with Crippen molar-refractivity contribution in [3.05, 3.63) is 36.0 Å². The maximum Gasteiger partial charge on any atom is 0.271 e. The Kier molecular flexibility index (Phi) is 2.60. The lowest BCUT2D eigenvalue weighted by Crippen LogP contribution is -2.21. The molecule has 1 atom stereocenters. The van der Waals surface area contributed by atoms with E-state index in [-0.39, 0.29) is 12.0 Å². The summed E-state index contributed by atoms with van der Waals surface area (Å²) in [5.41, 5.74) is 0. The van der Waals surface area contributed by atoms with E-state index >= 15 is 0 Å². The van der Waals surface area contributed by atoms with Gasteiger partial charge in [-0.25, -0.2) is 0 Å². The number of nitrogens with zero attached hydrogens (tertiary/aromatic N) is 2. The molecule has 1 aliphatic heterocycles. The largest absolute Gasteiger partial charge is 0.485 e. The van der Waals surface area contributed by atoms with Crippen LogP contribution in [0.3, 0.4) is 0 Å². The second kappa shape index (κ2) is 4.25. The van der Waals surface area contributed by atoms with Crippen LogP contribution in [0.1, 0.15) is 17.8 Å². The number of rotatable bonds is 2. The Bertz CT molecular complexity index is 529. The molecule has 1 aromatic heterocycles. The van der Waals surface area contributed by atoms with Crippen molar-refractivity contribution in [2.45, 2.75) is 12.0 Å². The summed E-state index contributed by atoms with van der Waals surface area (Å²) in [6, 6.07) is 7.45. The van der Waals surface area contributed by atoms with E-state index in [0.717, 1.165) is 5.75 Å². The van der Waals surface area contributed by atoms with E-state index in [4.69, 9.17) is 25.6 Å². The maximum absolute atomic E-state index is 5.71. The molecule has 0 amide bonds. The van der Waals surface area contributed by atoms with Gasteiger partial charge in [-0.15, -0.1) is 11.6 Å². The first-order chi connectivity index (χ1) is 8.36. The van der Waals surface area contributed by atoms with Gasteiger partial charge in [-0.3, -0.25) is 0 Å². The molecule has 2 aromatic rings. The van der Waals surface area contributed by atoms with Crippen molar-refractivity contribution < 1.29 is 14.0 Å². The fourth-order valence-electron chi connectivity index (χ4n) is 1.59. The van der Waals surface area contributed by atoms with Crippen LogP contribution in [0.15, 0.2) is 28.8 Å². The van der Waals surface area contributed by atoms with Crippen molar-refractivity contribution in [2.75, 3.05) is 6.61 Å². The number of benzene rings is 1. The van der Waals surface area contributed by atoms with Crippen LogP contribution < -0.4 is 9.47 Å². The SMILES string of the molecule is ClCc1noc([C@H]2COc3ccccc3O2)n1. The molecule has 0 saturated carbocycles. The van der Waals surface area contributed by atoms with Gasteiger partial charge < -0.3 is 14.0 Å². The number of hydrogen-bond donors (Lipinski definition) is 0. The van der Waals surface area contributed by atoms with Crippen molar-refractivity contribution in [3.63, 3.8) is 0 Å². The number of para-hydroxylation sites is 2. The zero-order chi connectivity index (χ0) is 11.7. The molecule has 5 nitrogen and oxygen atoms in total. The van der Waals surface area contributed by atoms with Crippen LogP contribution in [0.25, 0.3) is 0 Å². The molecular weight excluding hydrogens is 244 g/mol. The highest BCUT2D eigenvalue weighted by Gasteiger charge is 2.27. The first-order valence-electron chi connectivity index (χ1n) is 5.14. The van der Waals surface area contributed by atoms with Crippen molar-refractivity contribution in [1.82, 2.24) is 10.1 Å². The fourth-order valence-corrected chi connectivity index (χ4v) is 1.70. The second-order valence-electron chi connectivity index (χ2n) is 3.55. The van der Waals surface area contributed by atoms with Crippen LogP contribution in [-0.4, -0.2) is 16.7 Å². The van der Waals surface area contributed by atoms with Gasteiger partial charge in [0.25, 0.3) is 5.89 Å². The van der Waals surface area contributed by atoms with Crippen molar-refractivity contribution >= 4 is 11.6 Å². The second-order valence-corrected chi connectivity index (χ2v) is 3.81. The Hall–Kier alpha value is -1.75. The lowest BCUT2D eigenvalue weighted by atomic mass is 10.2. The minimum absolute atomic E-state index is 0.216. The maximum atomic E-state index is 5.71. The van der Waals surface area contributed by atoms with E-state index in [1.807, 2.05) is 24.3 Å². The number of halogens is 1. The summed E-state index contributed by atoms with van der Waals surface area (Å²) in [5, 5.41) is 3.71. The molecule has 0 aliphatic carbocycles. The molecule has 0 spiro atoms. The average molecular weight is 253 g/mol. The topological polar surface area (TPSA) is 57.4 Å². The van der Waals surface area contributed by atoms with E-state index in [9.17, 15) is 0 Å². The van der Waals surface area contributed by atoms with Gasteiger partial charge in [0.05, 0.1) is 5.88 Å². The summed E-state index contributed by atoms with van der Waals surface area (Å²) in [7, 11) is 0. The zero-order valence-electron chi connectivity index (χ0n) is 8.80. The van der Waals surface area contributed by atoms with Crippen LogP contribution in [0.4, 0.5) is 0 Å². The first-order valence-corrected chi connectivity index (χ1v) is 5.67. The van der Waals surface area contributed by atoms with Crippen molar-refractivity contribution in [2.24, 2.45) is 0 Å². The molecule has 0 radical (unpaired) electrons. The Morgan fingerprint density at radius 3 is 2.88 bits per heavy atom. The monoisotopic (exact) mass is 252 g/mol. The van der Waals surface area contributed by atoms with E-state index in [1.54, 1.807) is 0 Å². The number of aromatic nitrogens is 2. The predicted octanol–water partition coefficient (Wildman–Crippen LogP) is 2.32. The summed E-state index contributed by atoms with van der Waals surface area (Å²) in [4.78, 5) is 4.11. The third kappa shape index (κ3) is 1.93. The average Bonchev–Trinajstić information content (AvgIpc) is 2.87. The Balaban J connectivity index is 1.84. The van der Waals surface area contributed by atoms with E-state index in [1.165, 1.54) is 0 Å². The zero-order valence-corrected chi connectivity index (χ0v) is 9.55. The van der Waals surface area contributed by atoms with Gasteiger partial charge in [-0.2, -0.15) is 4.98 Å². The standard InChI is InChI=1S/C11H9ClN2O3/c12-5-10-13-11(17-14-10)9-6-15-7-3-1-2-4-8(7)16-9/h1-4,9H,5-6H2/t9-/m1/s1. The minimum Gasteiger partial charge on any atom is -0.485 e. The molecule has 0 fully saturated rings. The molecule has 88 valence electrons. The molecule has 0 N–H and O–H groups in total. The highest BCUT2D eigenvalue weighted by Crippen LogP contribution is 2.35. The third-order valence-electron chi connectivity index (χ3n) is 2.39. The van der Waals surface area contributed by atoms with Crippen molar-refractivity contribution in [3.8, 4) is 11.5 Å². The highest BCUT2D eigenvalue weighted by atomic mass is 35.5. The predicted molar refractivity (Wildman–Crippen MR) is 59.2 cm³/mol. The van der Waals surface area contributed by atoms with Crippen LogP contribution in [-0.2, 0) is 5.88 Å². The highest BCUT2D eigenvalue weighted by molar-refractivity contribution is 6.16. The minimum atomic E-state index is -0.380. The molecule has 1 aromatic carbocycles. The Labute approximate surface area is 102 Å². The van der Waals surface area contributed by atoms with Gasteiger partial charge in [-0.1, -0.05) is 17.3 Å². The van der Waals surface area contributed by atoms with E-state index in [2.05, 4.69) is 10.1 Å². The Morgan fingerprint density at radius 2 is 2.12 bits per heavy atom. The van der Waals surface area contributed by atoms with Crippen molar-refractivity contribution in [1.29, 1.82) is 0 Å². The molecule has 17 heavy (non-hydrogen) atoms. The molecule has 2 heterocycles. The summed E-state index contributed by atoms with van der Waals surface area (Å²) in [6.07, 6.45) is -0.380. The number of ether oxygens (including phenoxy) is 2. The van der Waals surface area contributed by atoms with Gasteiger partial charge in [0, 0.05) is 0 Å². The number of fused-ring (bicyclic) bond motifs is 1. The van der Waals surface area contributed by atoms with Gasteiger partial charge in [-0.05, 0) is 12.1 Å². The van der Waals surface area contributed by atoms with Crippen LogP contribution in [0.2, 0.25) is 0 Å². The Morgan fingerprint density at radius 1 is 1.29 bits per heavy atom. The molecule has 3 rings (SSSR count). The normalized spacial score (nSPS) is 18.1.